The third-order valence-electron chi connectivity index (χ3n) is 2.57. The molecule has 1 heterocycles. The van der Waals surface area contributed by atoms with Gasteiger partial charge in [-0.2, -0.15) is 0 Å². The minimum absolute atomic E-state index is 0.268. The summed E-state index contributed by atoms with van der Waals surface area (Å²) in [4.78, 5) is 0. The molecule has 86 valence electrons. The Morgan fingerprint density at radius 1 is 1.53 bits per heavy atom. The molecule has 0 aliphatic heterocycles. The predicted molar refractivity (Wildman–Crippen MR) is 58.5 cm³/mol. The number of rotatable bonds is 6. The van der Waals surface area contributed by atoms with Crippen molar-refractivity contribution in [1.82, 2.24) is 14.8 Å². The van der Waals surface area contributed by atoms with Gasteiger partial charge in [-0.1, -0.05) is 13.8 Å². The van der Waals surface area contributed by atoms with Gasteiger partial charge in [0, 0.05) is 26.1 Å². The van der Waals surface area contributed by atoms with E-state index in [0.29, 0.717) is 19.1 Å². The molecule has 0 aromatic carbocycles. The largest absolute Gasteiger partial charge is 0.383 e. The molecular formula is C10H20N4O. The number of ether oxygens (including phenoxy) is 1. The Labute approximate surface area is 90.6 Å². The summed E-state index contributed by atoms with van der Waals surface area (Å²) in [5.74, 6) is 1.70. The van der Waals surface area contributed by atoms with E-state index in [9.17, 15) is 0 Å². The molecule has 5 heteroatoms. The Hall–Kier alpha value is -0.940. The zero-order valence-corrected chi connectivity index (χ0v) is 9.68. The lowest BCUT2D eigenvalue weighted by molar-refractivity contribution is 0.185. The van der Waals surface area contributed by atoms with Crippen LogP contribution in [0.3, 0.4) is 0 Å². The summed E-state index contributed by atoms with van der Waals surface area (Å²) in [5, 5.41) is 8.07. The van der Waals surface area contributed by atoms with Crippen LogP contribution < -0.4 is 5.73 Å². The average Bonchev–Trinajstić information content (AvgIpc) is 2.64. The van der Waals surface area contributed by atoms with Gasteiger partial charge in [-0.3, -0.25) is 0 Å². The van der Waals surface area contributed by atoms with E-state index in [1.807, 2.05) is 4.57 Å². The van der Waals surface area contributed by atoms with Gasteiger partial charge >= 0.3 is 0 Å². The van der Waals surface area contributed by atoms with Gasteiger partial charge in [-0.25, -0.2) is 0 Å². The van der Waals surface area contributed by atoms with Gasteiger partial charge in [0.1, 0.15) is 12.2 Å². The Bertz CT molecular complexity index is 285. The molecule has 0 saturated heterocycles. The first kappa shape index (κ1) is 12.1. The van der Waals surface area contributed by atoms with Crippen LogP contribution in [-0.2, 0) is 11.3 Å². The number of nitrogens with two attached hydrogens (primary N) is 1. The van der Waals surface area contributed by atoms with Crippen molar-refractivity contribution < 1.29 is 4.74 Å². The maximum absolute atomic E-state index is 5.75. The first-order valence-corrected chi connectivity index (χ1v) is 5.27. The minimum Gasteiger partial charge on any atom is -0.383 e. The van der Waals surface area contributed by atoms with Crippen molar-refractivity contribution in [1.29, 1.82) is 0 Å². The number of hydrogen-bond donors (Lipinski definition) is 1. The van der Waals surface area contributed by atoms with Crippen molar-refractivity contribution in [3.63, 3.8) is 0 Å². The van der Waals surface area contributed by atoms with Crippen LogP contribution in [0.2, 0.25) is 0 Å². The summed E-state index contributed by atoms with van der Waals surface area (Å²) in [7, 11) is 1.69. The number of methoxy groups -OCH3 is 1. The molecule has 0 bridgehead atoms. The molecule has 1 aromatic rings. The van der Waals surface area contributed by atoms with Gasteiger partial charge in [-0.15, -0.1) is 10.2 Å². The van der Waals surface area contributed by atoms with Crippen LogP contribution >= 0.6 is 0 Å². The van der Waals surface area contributed by atoms with Gasteiger partial charge in [0.05, 0.1) is 6.61 Å². The lowest BCUT2D eigenvalue weighted by Gasteiger charge is -2.18. The Balaban J connectivity index is 2.77. The van der Waals surface area contributed by atoms with Crippen molar-refractivity contribution in [2.24, 2.45) is 11.7 Å². The zero-order valence-electron chi connectivity index (χ0n) is 9.68. The molecule has 0 amide bonds. The minimum atomic E-state index is 0.268. The summed E-state index contributed by atoms with van der Waals surface area (Å²) in [6.07, 6.45) is 1.74. The van der Waals surface area contributed by atoms with Crippen molar-refractivity contribution in [2.75, 3.05) is 20.3 Å². The zero-order chi connectivity index (χ0) is 11.3. The van der Waals surface area contributed by atoms with E-state index in [1.165, 1.54) is 0 Å². The molecule has 0 saturated carbocycles. The second-order valence-electron chi connectivity index (χ2n) is 3.96. The van der Waals surface area contributed by atoms with Crippen molar-refractivity contribution in [3.8, 4) is 0 Å². The fourth-order valence-electron chi connectivity index (χ4n) is 1.59. The van der Waals surface area contributed by atoms with E-state index in [-0.39, 0.29) is 5.92 Å². The van der Waals surface area contributed by atoms with Crippen LogP contribution in [0.1, 0.15) is 25.6 Å². The van der Waals surface area contributed by atoms with E-state index in [2.05, 4.69) is 24.0 Å². The molecule has 5 nitrogen and oxygen atoms in total. The van der Waals surface area contributed by atoms with E-state index in [1.54, 1.807) is 13.4 Å². The molecule has 1 atom stereocenters. The van der Waals surface area contributed by atoms with Crippen LogP contribution in [0.5, 0.6) is 0 Å². The number of nitrogens with zero attached hydrogens (tertiary/aromatic N) is 3. The lowest BCUT2D eigenvalue weighted by atomic mass is 9.95. The summed E-state index contributed by atoms with van der Waals surface area (Å²) >= 11 is 0. The number of aromatic nitrogens is 3. The summed E-state index contributed by atoms with van der Waals surface area (Å²) in [6.45, 7) is 6.34. The second kappa shape index (κ2) is 5.82. The highest BCUT2D eigenvalue weighted by Crippen LogP contribution is 2.20. The molecule has 1 aromatic heterocycles. The van der Waals surface area contributed by atoms with Gasteiger partial charge < -0.3 is 15.0 Å². The standard InChI is InChI=1S/C10H20N4O/c1-8(2)9(6-11)10-13-12-7-14(10)4-5-15-3/h7-9H,4-6,11H2,1-3H3. The summed E-state index contributed by atoms with van der Waals surface area (Å²) < 4.78 is 7.05. The fraction of sp³-hybridized carbons (Fsp3) is 0.800. The summed E-state index contributed by atoms with van der Waals surface area (Å²) in [5.41, 5.74) is 5.75. The maximum atomic E-state index is 5.75. The lowest BCUT2D eigenvalue weighted by Crippen LogP contribution is -2.22. The Morgan fingerprint density at radius 3 is 2.80 bits per heavy atom. The van der Waals surface area contributed by atoms with Gasteiger partial charge in [-0.05, 0) is 5.92 Å². The SMILES string of the molecule is COCCn1cnnc1C(CN)C(C)C. The first-order chi connectivity index (χ1) is 7.20. The average molecular weight is 212 g/mol. The van der Waals surface area contributed by atoms with Crippen LogP contribution in [0.4, 0.5) is 0 Å². The Kier molecular flexibility index (Phi) is 4.71. The highest BCUT2D eigenvalue weighted by molar-refractivity contribution is 4.98. The normalized spacial score (nSPS) is 13.4. The van der Waals surface area contributed by atoms with E-state index < -0.39 is 0 Å². The molecule has 0 aliphatic carbocycles. The molecule has 0 spiro atoms. The quantitative estimate of drug-likeness (QED) is 0.751. The van der Waals surface area contributed by atoms with Crippen molar-refractivity contribution in [3.05, 3.63) is 12.2 Å². The molecular weight excluding hydrogens is 192 g/mol. The molecule has 1 rings (SSSR count). The van der Waals surface area contributed by atoms with E-state index in [4.69, 9.17) is 10.5 Å². The number of hydrogen-bond acceptors (Lipinski definition) is 4. The molecule has 0 fully saturated rings. The van der Waals surface area contributed by atoms with E-state index in [0.717, 1.165) is 12.4 Å². The first-order valence-electron chi connectivity index (χ1n) is 5.27. The molecule has 0 aliphatic rings. The predicted octanol–water partition coefficient (Wildman–Crippen LogP) is 0.623. The van der Waals surface area contributed by atoms with Gasteiger partial charge in [0.2, 0.25) is 0 Å². The van der Waals surface area contributed by atoms with Crippen LogP contribution in [0, 0.1) is 5.92 Å². The van der Waals surface area contributed by atoms with Crippen molar-refractivity contribution in [2.45, 2.75) is 26.3 Å². The third-order valence-corrected chi connectivity index (χ3v) is 2.57. The van der Waals surface area contributed by atoms with Crippen LogP contribution in [0.25, 0.3) is 0 Å². The Morgan fingerprint density at radius 2 is 2.27 bits per heavy atom. The highest BCUT2D eigenvalue weighted by atomic mass is 16.5. The van der Waals surface area contributed by atoms with Crippen LogP contribution in [-0.4, -0.2) is 35.0 Å². The van der Waals surface area contributed by atoms with Crippen molar-refractivity contribution >= 4 is 0 Å². The molecule has 15 heavy (non-hydrogen) atoms. The molecule has 0 radical (unpaired) electrons. The fourth-order valence-corrected chi connectivity index (χ4v) is 1.59. The maximum Gasteiger partial charge on any atom is 0.137 e. The van der Waals surface area contributed by atoms with Gasteiger partial charge in [0.15, 0.2) is 0 Å². The van der Waals surface area contributed by atoms with Gasteiger partial charge in [0.25, 0.3) is 0 Å². The topological polar surface area (TPSA) is 66.0 Å². The smallest absolute Gasteiger partial charge is 0.137 e. The third kappa shape index (κ3) is 3.00. The second-order valence-corrected chi connectivity index (χ2v) is 3.96. The highest BCUT2D eigenvalue weighted by Gasteiger charge is 2.19. The molecule has 2 N–H and O–H groups in total. The van der Waals surface area contributed by atoms with E-state index >= 15 is 0 Å². The van der Waals surface area contributed by atoms with Crippen LogP contribution in [0.15, 0.2) is 6.33 Å². The summed E-state index contributed by atoms with van der Waals surface area (Å²) in [6, 6.07) is 0. The molecule has 1 unspecified atom stereocenters. The monoisotopic (exact) mass is 212 g/mol.